The zero-order valence-corrected chi connectivity index (χ0v) is 19.6. The molecule has 1 N–H and O–H groups in total. The van der Waals surface area contributed by atoms with Crippen LogP contribution in [0.3, 0.4) is 0 Å². The van der Waals surface area contributed by atoms with Crippen molar-refractivity contribution in [3.63, 3.8) is 0 Å². The molecule has 33 heavy (non-hydrogen) atoms. The molecule has 1 aliphatic rings. The molecule has 0 aromatic heterocycles. The summed E-state index contributed by atoms with van der Waals surface area (Å²) >= 11 is 0. The first-order valence-electron chi connectivity index (χ1n) is 10.4. The van der Waals surface area contributed by atoms with E-state index in [2.05, 4.69) is 4.72 Å². The lowest BCUT2D eigenvalue weighted by Gasteiger charge is -2.18. The van der Waals surface area contributed by atoms with Crippen molar-refractivity contribution in [2.75, 3.05) is 18.6 Å². The number of amides is 1. The van der Waals surface area contributed by atoms with Crippen molar-refractivity contribution in [2.24, 2.45) is 0 Å². The maximum Gasteiger partial charge on any atom is 0.324 e. The van der Waals surface area contributed by atoms with Gasteiger partial charge in [0.05, 0.1) is 12.0 Å². The lowest BCUT2D eigenvalue weighted by atomic mass is 10.0. The number of benzene rings is 2. The summed E-state index contributed by atoms with van der Waals surface area (Å²) in [4.78, 5) is 38.5. The van der Waals surface area contributed by atoms with Crippen LogP contribution in [0, 0.1) is 0 Å². The van der Waals surface area contributed by atoms with Gasteiger partial charge in [0, 0.05) is 24.7 Å². The van der Waals surface area contributed by atoms with E-state index in [1.54, 1.807) is 23.1 Å². The number of fused-ring (bicyclic) bond motifs is 1. The lowest BCUT2D eigenvalue weighted by molar-refractivity contribution is -0.147. The third-order valence-electron chi connectivity index (χ3n) is 5.36. The Hall–Kier alpha value is -3.24. The van der Waals surface area contributed by atoms with Crippen molar-refractivity contribution in [2.45, 2.75) is 44.2 Å². The molecule has 10 heteroatoms. The first-order valence-corrected chi connectivity index (χ1v) is 11.8. The normalized spacial score (nSPS) is 14.8. The summed E-state index contributed by atoms with van der Waals surface area (Å²) < 4.78 is 37.5. The minimum absolute atomic E-state index is 0.0372. The second-order valence-electron chi connectivity index (χ2n) is 7.73. The van der Waals surface area contributed by atoms with Crippen molar-refractivity contribution in [1.82, 2.24) is 4.72 Å². The summed E-state index contributed by atoms with van der Waals surface area (Å²) in [6, 6.07) is 9.46. The number of ether oxygens (including phenoxy) is 2. The SMILES string of the molecule is COc1ccc(S(=O)(=O)N[C@H](C)C(=O)O[C@@H](C)C(=O)c2ccc3c(c2)CCN3C(C)=O)cc1. The molecule has 9 nitrogen and oxygen atoms in total. The highest BCUT2D eigenvalue weighted by molar-refractivity contribution is 7.89. The van der Waals surface area contributed by atoms with Gasteiger partial charge in [-0.3, -0.25) is 14.4 Å². The van der Waals surface area contributed by atoms with Crippen LogP contribution in [0.1, 0.15) is 36.7 Å². The van der Waals surface area contributed by atoms with Gasteiger partial charge in [-0.2, -0.15) is 4.72 Å². The second kappa shape index (κ2) is 9.72. The van der Waals surface area contributed by atoms with Crippen LogP contribution in [0.15, 0.2) is 47.4 Å². The van der Waals surface area contributed by atoms with Gasteiger partial charge in [0.2, 0.25) is 21.7 Å². The molecule has 1 aliphatic heterocycles. The number of rotatable bonds is 8. The number of nitrogens with zero attached hydrogens (tertiary/aromatic N) is 1. The first kappa shape index (κ1) is 24.4. The van der Waals surface area contributed by atoms with Gasteiger partial charge in [-0.25, -0.2) is 8.42 Å². The zero-order chi connectivity index (χ0) is 24.3. The van der Waals surface area contributed by atoms with Crippen LogP contribution in [-0.4, -0.2) is 51.9 Å². The van der Waals surface area contributed by atoms with Gasteiger partial charge in [0.1, 0.15) is 11.8 Å². The average molecular weight is 475 g/mol. The highest BCUT2D eigenvalue weighted by Crippen LogP contribution is 2.29. The highest BCUT2D eigenvalue weighted by atomic mass is 32.2. The number of methoxy groups -OCH3 is 1. The predicted molar refractivity (Wildman–Crippen MR) is 121 cm³/mol. The van der Waals surface area contributed by atoms with Gasteiger partial charge < -0.3 is 14.4 Å². The maximum absolute atomic E-state index is 12.8. The number of anilines is 1. The van der Waals surface area contributed by atoms with Crippen molar-refractivity contribution < 1.29 is 32.3 Å². The van der Waals surface area contributed by atoms with Crippen molar-refractivity contribution in [3.05, 3.63) is 53.6 Å². The lowest BCUT2D eigenvalue weighted by Crippen LogP contribution is -2.41. The molecule has 176 valence electrons. The van der Waals surface area contributed by atoms with Gasteiger partial charge in [-0.05, 0) is 68.3 Å². The molecule has 1 amide bonds. The summed E-state index contributed by atoms with van der Waals surface area (Å²) in [5, 5.41) is 0. The molecular weight excluding hydrogens is 448 g/mol. The molecule has 0 saturated heterocycles. The summed E-state index contributed by atoms with van der Waals surface area (Å²) in [7, 11) is -2.52. The van der Waals surface area contributed by atoms with Crippen molar-refractivity contribution in [3.8, 4) is 5.75 Å². The fourth-order valence-electron chi connectivity index (χ4n) is 3.55. The minimum Gasteiger partial charge on any atom is -0.497 e. The zero-order valence-electron chi connectivity index (χ0n) is 18.8. The highest BCUT2D eigenvalue weighted by Gasteiger charge is 2.28. The molecule has 2 atom stereocenters. The molecule has 0 spiro atoms. The van der Waals surface area contributed by atoms with E-state index in [1.165, 1.54) is 52.1 Å². The van der Waals surface area contributed by atoms with Crippen LogP contribution in [-0.2, 0) is 30.8 Å². The van der Waals surface area contributed by atoms with E-state index < -0.39 is 33.9 Å². The molecule has 1 heterocycles. The number of carbonyl (C=O) groups excluding carboxylic acids is 3. The Balaban J connectivity index is 1.63. The second-order valence-corrected chi connectivity index (χ2v) is 9.44. The van der Waals surface area contributed by atoms with E-state index in [9.17, 15) is 22.8 Å². The number of carbonyl (C=O) groups is 3. The van der Waals surface area contributed by atoms with Crippen molar-refractivity contribution >= 4 is 33.4 Å². The average Bonchev–Trinajstić information content (AvgIpc) is 3.21. The third kappa shape index (κ3) is 5.40. The Morgan fingerprint density at radius 2 is 1.73 bits per heavy atom. The Morgan fingerprint density at radius 3 is 2.33 bits per heavy atom. The number of ketones is 1. The van der Waals surface area contributed by atoms with Crippen LogP contribution >= 0.6 is 0 Å². The topological polar surface area (TPSA) is 119 Å². The smallest absolute Gasteiger partial charge is 0.324 e. The van der Waals surface area contributed by atoms with Crippen LogP contribution < -0.4 is 14.4 Å². The Labute approximate surface area is 192 Å². The molecule has 0 bridgehead atoms. The van der Waals surface area contributed by atoms with E-state index in [0.29, 0.717) is 24.3 Å². The van der Waals surface area contributed by atoms with E-state index in [-0.39, 0.29) is 10.8 Å². The van der Waals surface area contributed by atoms with Crippen LogP contribution in [0.5, 0.6) is 5.75 Å². The molecule has 2 aromatic carbocycles. The summed E-state index contributed by atoms with van der Waals surface area (Å²) in [5.74, 6) is -0.870. The molecule has 3 rings (SSSR count). The molecule has 2 aromatic rings. The number of esters is 1. The first-order chi connectivity index (χ1) is 15.5. The summed E-state index contributed by atoms with van der Waals surface area (Å²) in [6.07, 6.45) is -0.484. The number of Topliss-reactive ketones (excluding diaryl/α,β-unsaturated/α-hetero) is 1. The van der Waals surface area contributed by atoms with E-state index in [1.807, 2.05) is 0 Å². The number of sulfonamides is 1. The molecule has 0 fully saturated rings. The minimum atomic E-state index is -3.98. The van der Waals surface area contributed by atoms with Gasteiger partial charge in [0.15, 0.2) is 6.10 Å². The Bertz CT molecular complexity index is 1180. The standard InChI is InChI=1S/C23H26N2O7S/c1-14(24-33(29,30)20-8-6-19(31-4)7-9-20)23(28)32-15(2)22(27)18-5-10-21-17(13-18)11-12-25(21)16(3)26/h5-10,13-15,24H,11-12H2,1-4H3/t14-,15+/m1/s1. The summed E-state index contributed by atoms with van der Waals surface area (Å²) in [6.45, 7) is 4.81. The monoisotopic (exact) mass is 474 g/mol. The largest absolute Gasteiger partial charge is 0.497 e. The molecule has 0 radical (unpaired) electrons. The maximum atomic E-state index is 12.8. The Kier molecular flexibility index (Phi) is 7.19. The van der Waals surface area contributed by atoms with Crippen LogP contribution in [0.2, 0.25) is 0 Å². The molecule has 0 unspecified atom stereocenters. The van der Waals surface area contributed by atoms with Gasteiger partial charge in [-0.15, -0.1) is 0 Å². The van der Waals surface area contributed by atoms with E-state index in [4.69, 9.17) is 9.47 Å². The number of hydrogen-bond donors (Lipinski definition) is 1. The van der Waals surface area contributed by atoms with Gasteiger partial charge in [0.25, 0.3) is 0 Å². The van der Waals surface area contributed by atoms with Crippen LogP contribution in [0.4, 0.5) is 5.69 Å². The number of hydrogen-bond acceptors (Lipinski definition) is 7. The third-order valence-corrected chi connectivity index (χ3v) is 6.91. The molecule has 0 aliphatic carbocycles. The van der Waals surface area contributed by atoms with Crippen molar-refractivity contribution in [1.29, 1.82) is 0 Å². The Morgan fingerprint density at radius 1 is 1.06 bits per heavy atom. The van der Waals surface area contributed by atoms with E-state index >= 15 is 0 Å². The van der Waals surface area contributed by atoms with Gasteiger partial charge >= 0.3 is 5.97 Å². The predicted octanol–water partition coefficient (Wildman–Crippen LogP) is 2.09. The van der Waals surface area contributed by atoms with Crippen LogP contribution in [0.25, 0.3) is 0 Å². The number of nitrogens with one attached hydrogen (secondary N) is 1. The molecular formula is C23H26N2O7S. The van der Waals surface area contributed by atoms with E-state index in [0.717, 1.165) is 11.3 Å². The fraction of sp³-hybridized carbons (Fsp3) is 0.348. The summed E-state index contributed by atoms with van der Waals surface area (Å²) in [5.41, 5.74) is 1.99. The quantitative estimate of drug-likeness (QED) is 0.460. The van der Waals surface area contributed by atoms with Gasteiger partial charge in [-0.1, -0.05) is 0 Å². The molecule has 0 saturated carbocycles. The fourth-order valence-corrected chi connectivity index (χ4v) is 4.74.